The minimum Gasteiger partial charge on any atom is -0.481 e. The summed E-state index contributed by atoms with van der Waals surface area (Å²) in [7, 11) is 0. The topological polar surface area (TPSA) is 95.1 Å². The molecule has 3 aromatic rings. The van der Waals surface area contributed by atoms with Gasteiger partial charge >= 0.3 is 5.97 Å². The van der Waals surface area contributed by atoms with Crippen LogP contribution in [-0.2, 0) is 9.59 Å². The van der Waals surface area contributed by atoms with Gasteiger partial charge in [-0.25, -0.2) is 4.98 Å². The lowest BCUT2D eigenvalue weighted by Gasteiger charge is -2.01. The van der Waals surface area contributed by atoms with Crippen molar-refractivity contribution in [3.05, 3.63) is 52.5 Å². The van der Waals surface area contributed by atoms with Crippen LogP contribution in [0.25, 0.3) is 11.0 Å². The summed E-state index contributed by atoms with van der Waals surface area (Å²) >= 11 is 7.39. The fraction of sp³-hybridized carbons (Fsp3) is 0.105. The molecule has 0 spiro atoms. The van der Waals surface area contributed by atoms with E-state index in [2.05, 4.69) is 27.1 Å². The minimum atomic E-state index is -0.911. The van der Waals surface area contributed by atoms with Gasteiger partial charge in [0.2, 0.25) is 5.91 Å². The molecule has 0 unspecified atom stereocenters. The maximum atomic E-state index is 11.2. The number of thioether (sulfide) groups is 1. The maximum Gasteiger partial charge on any atom is 0.313 e. The first-order valence-corrected chi connectivity index (χ1v) is 9.20. The van der Waals surface area contributed by atoms with Crippen molar-refractivity contribution in [1.82, 2.24) is 9.97 Å². The molecule has 6 nitrogen and oxygen atoms in total. The molecule has 3 rings (SSSR count). The standard InChI is InChI=1S/C19H14ClN3O3S/c1-11(24)21-14-4-2-3-12(7-14)5-6-13-8-16-17(9-15(13)20)23-19(22-16)27-10-18(25)26/h2-4,7-9H,10H2,1H3,(H,21,24)(H,22,23)(H,25,26). The summed E-state index contributed by atoms with van der Waals surface area (Å²) in [4.78, 5) is 29.2. The summed E-state index contributed by atoms with van der Waals surface area (Å²) in [5, 5.41) is 12.4. The van der Waals surface area contributed by atoms with E-state index in [4.69, 9.17) is 16.7 Å². The van der Waals surface area contributed by atoms with Crippen LogP contribution in [0.3, 0.4) is 0 Å². The predicted molar refractivity (Wildman–Crippen MR) is 106 cm³/mol. The Morgan fingerprint density at radius 2 is 2.11 bits per heavy atom. The third kappa shape index (κ3) is 5.03. The van der Waals surface area contributed by atoms with E-state index in [-0.39, 0.29) is 11.7 Å². The number of aromatic nitrogens is 2. The molecule has 0 aliphatic rings. The Hall–Kier alpha value is -2.95. The van der Waals surface area contributed by atoms with Crippen molar-refractivity contribution >= 4 is 52.0 Å². The Balaban J connectivity index is 1.87. The number of aromatic amines is 1. The van der Waals surface area contributed by atoms with Crippen molar-refractivity contribution in [3.63, 3.8) is 0 Å². The van der Waals surface area contributed by atoms with Crippen LogP contribution in [0.1, 0.15) is 18.1 Å². The van der Waals surface area contributed by atoms with E-state index in [9.17, 15) is 9.59 Å². The Labute approximate surface area is 164 Å². The maximum absolute atomic E-state index is 11.2. The number of carbonyl (C=O) groups is 2. The molecule has 0 aliphatic heterocycles. The fourth-order valence-corrected chi connectivity index (χ4v) is 3.13. The van der Waals surface area contributed by atoms with Gasteiger partial charge in [-0.3, -0.25) is 9.59 Å². The molecule has 0 saturated heterocycles. The second-order valence-corrected chi connectivity index (χ2v) is 6.96. The highest BCUT2D eigenvalue weighted by Crippen LogP contribution is 2.25. The molecule has 136 valence electrons. The summed E-state index contributed by atoms with van der Waals surface area (Å²) in [5.74, 6) is 4.90. The van der Waals surface area contributed by atoms with Gasteiger partial charge in [0, 0.05) is 23.7 Å². The molecule has 1 aromatic heterocycles. The normalized spacial score (nSPS) is 10.3. The van der Waals surface area contributed by atoms with Gasteiger partial charge in [-0.15, -0.1) is 0 Å². The number of nitrogens with one attached hydrogen (secondary N) is 2. The quantitative estimate of drug-likeness (QED) is 0.458. The van der Waals surface area contributed by atoms with E-state index in [1.54, 1.807) is 30.3 Å². The average molecular weight is 400 g/mol. The van der Waals surface area contributed by atoms with E-state index in [0.717, 1.165) is 22.8 Å². The highest BCUT2D eigenvalue weighted by atomic mass is 35.5. The third-order valence-electron chi connectivity index (χ3n) is 3.41. The average Bonchev–Trinajstić information content (AvgIpc) is 2.99. The van der Waals surface area contributed by atoms with Gasteiger partial charge in [-0.2, -0.15) is 0 Å². The Morgan fingerprint density at radius 3 is 2.85 bits per heavy atom. The monoisotopic (exact) mass is 399 g/mol. The Morgan fingerprint density at radius 1 is 1.30 bits per heavy atom. The molecule has 3 N–H and O–H groups in total. The van der Waals surface area contributed by atoms with Crippen LogP contribution < -0.4 is 5.32 Å². The molecular formula is C19H14ClN3O3S. The van der Waals surface area contributed by atoms with Crippen molar-refractivity contribution in [1.29, 1.82) is 0 Å². The van der Waals surface area contributed by atoms with Crippen molar-refractivity contribution in [2.75, 3.05) is 11.1 Å². The lowest BCUT2D eigenvalue weighted by molar-refractivity contribution is -0.133. The van der Waals surface area contributed by atoms with Crippen LogP contribution in [-0.4, -0.2) is 32.7 Å². The molecular weight excluding hydrogens is 386 g/mol. The number of aliphatic carboxylic acids is 1. The molecule has 0 aliphatic carbocycles. The second-order valence-electron chi connectivity index (χ2n) is 5.59. The first-order valence-electron chi connectivity index (χ1n) is 7.84. The number of benzene rings is 2. The van der Waals surface area contributed by atoms with Gasteiger partial charge in [-0.05, 0) is 30.3 Å². The first kappa shape index (κ1) is 18.8. The number of carboxylic acids is 1. The molecule has 0 radical (unpaired) electrons. The van der Waals surface area contributed by atoms with Crippen LogP contribution >= 0.6 is 23.4 Å². The number of halogens is 1. The molecule has 1 amide bonds. The molecule has 0 atom stereocenters. The van der Waals surface area contributed by atoms with Gasteiger partial charge in [-0.1, -0.05) is 41.3 Å². The number of amides is 1. The zero-order valence-electron chi connectivity index (χ0n) is 14.2. The number of hydrogen-bond donors (Lipinski definition) is 3. The van der Waals surface area contributed by atoms with Gasteiger partial charge in [0.05, 0.1) is 21.8 Å². The molecule has 0 bridgehead atoms. The Bertz CT molecular complexity index is 1100. The molecule has 0 fully saturated rings. The van der Waals surface area contributed by atoms with E-state index in [1.807, 2.05) is 6.07 Å². The first-order chi connectivity index (χ1) is 12.9. The van der Waals surface area contributed by atoms with Gasteiger partial charge < -0.3 is 15.4 Å². The molecule has 0 saturated carbocycles. The minimum absolute atomic E-state index is 0.0785. The summed E-state index contributed by atoms with van der Waals surface area (Å²) in [6.07, 6.45) is 0. The summed E-state index contributed by atoms with van der Waals surface area (Å²) in [6.45, 7) is 1.45. The number of hydrogen-bond acceptors (Lipinski definition) is 4. The zero-order valence-corrected chi connectivity index (χ0v) is 15.7. The smallest absolute Gasteiger partial charge is 0.313 e. The summed E-state index contributed by atoms with van der Waals surface area (Å²) in [6, 6.07) is 10.7. The molecule has 27 heavy (non-hydrogen) atoms. The lowest BCUT2D eigenvalue weighted by atomic mass is 10.1. The number of anilines is 1. The fourth-order valence-electron chi connectivity index (χ4n) is 2.32. The summed E-state index contributed by atoms with van der Waals surface area (Å²) < 4.78 is 0. The lowest BCUT2D eigenvalue weighted by Crippen LogP contribution is -2.05. The van der Waals surface area contributed by atoms with Crippen molar-refractivity contribution in [2.24, 2.45) is 0 Å². The van der Waals surface area contributed by atoms with Crippen LogP contribution in [0, 0.1) is 11.8 Å². The van der Waals surface area contributed by atoms with E-state index >= 15 is 0 Å². The van der Waals surface area contributed by atoms with E-state index in [1.165, 1.54) is 6.92 Å². The van der Waals surface area contributed by atoms with Gasteiger partial charge in [0.15, 0.2) is 5.16 Å². The number of imidazole rings is 1. The highest BCUT2D eigenvalue weighted by Gasteiger charge is 2.09. The highest BCUT2D eigenvalue weighted by molar-refractivity contribution is 7.99. The van der Waals surface area contributed by atoms with E-state index in [0.29, 0.717) is 26.9 Å². The number of carbonyl (C=O) groups excluding carboxylic acids is 1. The van der Waals surface area contributed by atoms with Crippen LogP contribution in [0.5, 0.6) is 0 Å². The van der Waals surface area contributed by atoms with Gasteiger partial charge in [0.1, 0.15) is 0 Å². The largest absolute Gasteiger partial charge is 0.481 e. The van der Waals surface area contributed by atoms with Crippen molar-refractivity contribution in [2.45, 2.75) is 12.1 Å². The summed E-state index contributed by atoms with van der Waals surface area (Å²) in [5.41, 5.74) is 3.39. The third-order valence-corrected chi connectivity index (χ3v) is 4.58. The number of H-pyrrole nitrogens is 1. The number of nitrogens with zero attached hydrogens (tertiary/aromatic N) is 1. The molecule has 1 heterocycles. The van der Waals surface area contributed by atoms with Crippen molar-refractivity contribution in [3.8, 4) is 11.8 Å². The van der Waals surface area contributed by atoms with E-state index < -0.39 is 5.97 Å². The van der Waals surface area contributed by atoms with Crippen LogP contribution in [0.15, 0.2) is 41.6 Å². The van der Waals surface area contributed by atoms with Gasteiger partial charge in [0.25, 0.3) is 0 Å². The molecule has 8 heteroatoms. The predicted octanol–water partition coefficient (Wildman–Crippen LogP) is 3.75. The number of carboxylic acid groups (broad SMARTS) is 1. The van der Waals surface area contributed by atoms with Crippen molar-refractivity contribution < 1.29 is 14.7 Å². The zero-order chi connectivity index (χ0) is 19.4. The van der Waals surface area contributed by atoms with Crippen LogP contribution in [0.2, 0.25) is 5.02 Å². The number of rotatable bonds is 4. The SMILES string of the molecule is CC(=O)Nc1cccc(C#Cc2cc3[nH]c(SCC(=O)O)nc3cc2Cl)c1. The number of fused-ring (bicyclic) bond motifs is 1. The molecule has 2 aromatic carbocycles. The second kappa shape index (κ2) is 8.16. The van der Waals surface area contributed by atoms with Crippen LogP contribution in [0.4, 0.5) is 5.69 Å². The Kier molecular flexibility index (Phi) is 5.69.